The van der Waals surface area contributed by atoms with Crippen LogP contribution in [0.2, 0.25) is 0 Å². The van der Waals surface area contributed by atoms with Crippen molar-refractivity contribution in [1.82, 2.24) is 25.1 Å². The van der Waals surface area contributed by atoms with Crippen LogP contribution in [0.5, 0.6) is 6.01 Å². The molecule has 132 valence electrons. The molecule has 0 unspecified atom stereocenters. The molecule has 0 atom stereocenters. The Labute approximate surface area is 143 Å². The highest BCUT2D eigenvalue weighted by atomic mass is 19.1. The smallest absolute Gasteiger partial charge is 0.316 e. The molecule has 2 aromatic rings. The predicted molar refractivity (Wildman–Crippen MR) is 85.3 cm³/mol. The van der Waals surface area contributed by atoms with Gasteiger partial charge in [0, 0.05) is 18.3 Å². The third kappa shape index (κ3) is 4.82. The lowest BCUT2D eigenvalue weighted by molar-refractivity contribution is -0.123. The van der Waals surface area contributed by atoms with Crippen molar-refractivity contribution in [3.8, 4) is 6.01 Å². The number of rotatable bonds is 5. The Morgan fingerprint density at radius 2 is 2.00 bits per heavy atom. The molecule has 0 bridgehead atoms. The van der Waals surface area contributed by atoms with E-state index in [1.165, 1.54) is 18.3 Å². The minimum Gasteiger partial charge on any atom is -0.460 e. The van der Waals surface area contributed by atoms with E-state index in [1.807, 2.05) is 0 Å². The van der Waals surface area contributed by atoms with Gasteiger partial charge in [-0.1, -0.05) is 0 Å². The number of aromatic nitrogens is 4. The van der Waals surface area contributed by atoms with E-state index in [0.29, 0.717) is 0 Å². The van der Waals surface area contributed by atoms with Crippen LogP contribution in [0.4, 0.5) is 4.39 Å². The summed E-state index contributed by atoms with van der Waals surface area (Å²) in [5.41, 5.74) is -0.311. The summed E-state index contributed by atoms with van der Waals surface area (Å²) in [4.78, 5) is 31.1. The number of hydrogen-bond donors (Lipinski definition) is 1. The van der Waals surface area contributed by atoms with Gasteiger partial charge in [0.05, 0.1) is 12.4 Å². The lowest BCUT2D eigenvalue weighted by Gasteiger charge is -2.28. The van der Waals surface area contributed by atoms with Crippen molar-refractivity contribution in [2.45, 2.75) is 44.4 Å². The van der Waals surface area contributed by atoms with Crippen LogP contribution in [-0.4, -0.2) is 37.8 Å². The van der Waals surface area contributed by atoms with Gasteiger partial charge in [0.25, 0.3) is 5.56 Å². The number of ether oxygens (including phenoxy) is 1. The summed E-state index contributed by atoms with van der Waals surface area (Å²) in [7, 11) is 0. The van der Waals surface area contributed by atoms with Gasteiger partial charge in [-0.3, -0.25) is 9.59 Å². The third-order valence-corrected chi connectivity index (χ3v) is 3.99. The van der Waals surface area contributed by atoms with Crippen LogP contribution in [0.3, 0.4) is 0 Å². The van der Waals surface area contributed by atoms with E-state index in [-0.39, 0.29) is 36.2 Å². The topological polar surface area (TPSA) is 99.0 Å². The van der Waals surface area contributed by atoms with Crippen LogP contribution in [-0.2, 0) is 11.3 Å². The van der Waals surface area contributed by atoms with E-state index in [9.17, 15) is 14.0 Å². The average Bonchev–Trinajstić information content (AvgIpc) is 2.61. The van der Waals surface area contributed by atoms with E-state index >= 15 is 0 Å². The van der Waals surface area contributed by atoms with E-state index in [0.717, 1.165) is 42.8 Å². The van der Waals surface area contributed by atoms with Crippen molar-refractivity contribution in [2.24, 2.45) is 0 Å². The first-order valence-corrected chi connectivity index (χ1v) is 8.06. The highest BCUT2D eigenvalue weighted by Gasteiger charge is 2.24. The molecule has 1 saturated carbocycles. The second-order valence-electron chi connectivity index (χ2n) is 5.86. The number of halogens is 1. The standard InChI is InChI=1S/C16H18FN5O3/c17-11-8-18-16(19-9-11)25-13-5-3-12(4-6-13)21-14(23)10-22-15(24)2-1-7-20-22/h1-2,7-9,12-13H,3-6,10H2,(H,21,23). The first kappa shape index (κ1) is 17.0. The Balaban J connectivity index is 1.44. The second-order valence-corrected chi connectivity index (χ2v) is 5.86. The zero-order chi connectivity index (χ0) is 17.6. The summed E-state index contributed by atoms with van der Waals surface area (Å²) >= 11 is 0. The molecule has 0 aliphatic heterocycles. The van der Waals surface area contributed by atoms with Crippen LogP contribution >= 0.6 is 0 Å². The molecular formula is C16H18FN5O3. The van der Waals surface area contributed by atoms with Crippen LogP contribution in [0.25, 0.3) is 0 Å². The minimum absolute atomic E-state index is 0.0286. The fraction of sp³-hybridized carbons (Fsp3) is 0.438. The monoisotopic (exact) mass is 347 g/mol. The molecule has 0 radical (unpaired) electrons. The highest BCUT2D eigenvalue weighted by Crippen LogP contribution is 2.22. The Morgan fingerprint density at radius 1 is 1.28 bits per heavy atom. The number of amides is 1. The fourth-order valence-electron chi connectivity index (χ4n) is 2.75. The Kier molecular flexibility index (Phi) is 5.32. The molecular weight excluding hydrogens is 329 g/mol. The molecule has 8 nitrogen and oxygen atoms in total. The van der Waals surface area contributed by atoms with Crippen molar-refractivity contribution in [3.63, 3.8) is 0 Å². The number of carbonyl (C=O) groups is 1. The van der Waals surface area contributed by atoms with Gasteiger partial charge in [-0.15, -0.1) is 0 Å². The van der Waals surface area contributed by atoms with Crippen molar-refractivity contribution in [2.75, 3.05) is 0 Å². The molecule has 3 rings (SSSR count). The van der Waals surface area contributed by atoms with E-state index in [2.05, 4.69) is 20.4 Å². The number of nitrogens with zero attached hydrogens (tertiary/aromatic N) is 4. The molecule has 1 aliphatic rings. The molecule has 1 aliphatic carbocycles. The summed E-state index contributed by atoms with van der Waals surface area (Å²) in [6, 6.07) is 3.08. The predicted octanol–water partition coefficient (Wildman–Crippen LogP) is 0.679. The summed E-state index contributed by atoms with van der Waals surface area (Å²) in [6.45, 7) is -0.0977. The van der Waals surface area contributed by atoms with E-state index in [4.69, 9.17) is 4.74 Å². The normalized spacial score (nSPS) is 20.0. The van der Waals surface area contributed by atoms with Crippen LogP contribution in [0.15, 0.2) is 35.5 Å². The molecule has 2 heterocycles. The molecule has 1 fully saturated rings. The molecule has 1 amide bonds. The Hall–Kier alpha value is -2.84. The summed E-state index contributed by atoms with van der Waals surface area (Å²) in [5, 5.41) is 6.77. The van der Waals surface area contributed by atoms with Crippen LogP contribution in [0, 0.1) is 5.82 Å². The third-order valence-electron chi connectivity index (χ3n) is 3.99. The quantitative estimate of drug-likeness (QED) is 0.854. The van der Waals surface area contributed by atoms with E-state index < -0.39 is 5.82 Å². The van der Waals surface area contributed by atoms with Gasteiger partial charge < -0.3 is 10.1 Å². The summed E-state index contributed by atoms with van der Waals surface area (Å²) in [6.07, 6.45) is 6.49. The Bertz CT molecular complexity index is 772. The maximum Gasteiger partial charge on any atom is 0.316 e. The molecule has 25 heavy (non-hydrogen) atoms. The number of nitrogens with one attached hydrogen (secondary N) is 1. The number of carbonyl (C=O) groups excluding carboxylic acids is 1. The van der Waals surface area contributed by atoms with Gasteiger partial charge in [-0.2, -0.15) is 5.10 Å². The lowest BCUT2D eigenvalue weighted by atomic mass is 9.93. The van der Waals surface area contributed by atoms with Gasteiger partial charge in [0.2, 0.25) is 5.91 Å². The largest absolute Gasteiger partial charge is 0.460 e. The van der Waals surface area contributed by atoms with Gasteiger partial charge in [0.1, 0.15) is 12.6 Å². The number of hydrogen-bond acceptors (Lipinski definition) is 6. The van der Waals surface area contributed by atoms with Gasteiger partial charge in [-0.25, -0.2) is 19.0 Å². The molecule has 1 N–H and O–H groups in total. The average molecular weight is 347 g/mol. The molecule has 9 heteroatoms. The molecule has 0 spiro atoms. The SMILES string of the molecule is O=C(Cn1ncccc1=O)NC1CCC(Oc2ncc(F)cn2)CC1. The second kappa shape index (κ2) is 7.82. The first-order chi connectivity index (χ1) is 12.1. The zero-order valence-corrected chi connectivity index (χ0v) is 13.5. The van der Waals surface area contributed by atoms with Crippen molar-refractivity contribution in [3.05, 3.63) is 46.9 Å². The molecule has 2 aromatic heterocycles. The molecule has 0 saturated heterocycles. The minimum atomic E-state index is -0.509. The van der Waals surface area contributed by atoms with Gasteiger partial charge >= 0.3 is 6.01 Å². The Morgan fingerprint density at radius 3 is 2.68 bits per heavy atom. The maximum absolute atomic E-state index is 12.8. The lowest BCUT2D eigenvalue weighted by Crippen LogP contribution is -2.42. The summed E-state index contributed by atoms with van der Waals surface area (Å²) in [5.74, 6) is -0.752. The van der Waals surface area contributed by atoms with Crippen LogP contribution < -0.4 is 15.6 Å². The van der Waals surface area contributed by atoms with Crippen molar-refractivity contribution < 1.29 is 13.9 Å². The van der Waals surface area contributed by atoms with Crippen molar-refractivity contribution in [1.29, 1.82) is 0 Å². The zero-order valence-electron chi connectivity index (χ0n) is 13.5. The fourth-order valence-corrected chi connectivity index (χ4v) is 2.75. The van der Waals surface area contributed by atoms with E-state index in [1.54, 1.807) is 0 Å². The summed E-state index contributed by atoms with van der Waals surface area (Å²) < 4.78 is 19.5. The first-order valence-electron chi connectivity index (χ1n) is 8.06. The van der Waals surface area contributed by atoms with Crippen molar-refractivity contribution >= 4 is 5.91 Å². The molecule has 0 aromatic carbocycles. The van der Waals surface area contributed by atoms with Gasteiger partial charge in [0.15, 0.2) is 5.82 Å². The van der Waals surface area contributed by atoms with Gasteiger partial charge in [-0.05, 0) is 31.7 Å². The maximum atomic E-state index is 12.8. The van der Waals surface area contributed by atoms with Crippen LogP contribution in [0.1, 0.15) is 25.7 Å². The highest BCUT2D eigenvalue weighted by molar-refractivity contribution is 5.75.